The molecule has 2 aliphatic carbocycles. The molecule has 2 nitrogen and oxygen atoms in total. The number of Topliss-reactive ketones (excluding diaryl/α,β-unsaturated/α-hetero) is 1. The average molecular weight is 273 g/mol. The van der Waals surface area contributed by atoms with E-state index in [9.17, 15) is 4.79 Å². The number of hydrogen-bond donors (Lipinski definition) is 0. The normalized spacial score (nSPS) is 36.3. The maximum Gasteiger partial charge on any atom is 0.154 e. The number of rotatable bonds is 7. The molecule has 2 aliphatic rings. The average Bonchev–Trinajstić information content (AvgIpc) is 2.78. The Labute approximate surface area is 115 Å². The zero-order chi connectivity index (χ0) is 13.1. The van der Waals surface area contributed by atoms with E-state index in [4.69, 9.17) is 16.3 Å². The van der Waals surface area contributed by atoms with E-state index >= 15 is 0 Å². The molecule has 0 spiro atoms. The van der Waals surface area contributed by atoms with Crippen molar-refractivity contribution in [2.24, 2.45) is 17.8 Å². The minimum atomic E-state index is -0.162. The molecule has 104 valence electrons. The second kappa shape index (κ2) is 6.38. The summed E-state index contributed by atoms with van der Waals surface area (Å²) in [5, 5.41) is -0.162. The van der Waals surface area contributed by atoms with Crippen LogP contribution < -0.4 is 0 Å². The molecular formula is C15H25ClO2. The number of unbranched alkanes of at least 4 members (excludes halogenated alkanes) is 1. The summed E-state index contributed by atoms with van der Waals surface area (Å²) < 4.78 is 5.39. The molecule has 2 fully saturated rings. The van der Waals surface area contributed by atoms with Gasteiger partial charge in [0.1, 0.15) is 0 Å². The Morgan fingerprint density at radius 1 is 1.39 bits per heavy atom. The predicted octanol–water partition coefficient (Wildman–Crippen LogP) is 3.80. The molecule has 5 unspecified atom stereocenters. The Morgan fingerprint density at radius 2 is 2.17 bits per heavy atom. The van der Waals surface area contributed by atoms with Crippen LogP contribution in [0.5, 0.6) is 0 Å². The molecular weight excluding hydrogens is 248 g/mol. The Kier molecular flexibility index (Phi) is 5.08. The first kappa shape index (κ1) is 14.3. The van der Waals surface area contributed by atoms with Crippen LogP contribution in [0.15, 0.2) is 0 Å². The van der Waals surface area contributed by atoms with Crippen LogP contribution in [0, 0.1) is 17.8 Å². The van der Waals surface area contributed by atoms with Crippen molar-refractivity contribution in [1.82, 2.24) is 0 Å². The first-order valence-electron chi connectivity index (χ1n) is 7.39. The van der Waals surface area contributed by atoms with Crippen molar-refractivity contribution in [3.8, 4) is 0 Å². The van der Waals surface area contributed by atoms with E-state index in [1.165, 1.54) is 25.7 Å². The first-order valence-corrected chi connectivity index (χ1v) is 7.83. The van der Waals surface area contributed by atoms with Crippen molar-refractivity contribution in [2.45, 2.75) is 63.4 Å². The Balaban J connectivity index is 1.65. The SMILES string of the molecule is CCC(CCCCC1CCC2C(=O)C(Cl)C12)OC. The number of methoxy groups -OCH3 is 1. The van der Waals surface area contributed by atoms with Gasteiger partial charge in [-0.05, 0) is 37.5 Å². The highest BCUT2D eigenvalue weighted by molar-refractivity contribution is 6.34. The predicted molar refractivity (Wildman–Crippen MR) is 73.9 cm³/mol. The van der Waals surface area contributed by atoms with Crippen molar-refractivity contribution in [3.63, 3.8) is 0 Å². The van der Waals surface area contributed by atoms with E-state index in [0.29, 0.717) is 29.6 Å². The van der Waals surface area contributed by atoms with E-state index in [2.05, 4.69) is 6.92 Å². The van der Waals surface area contributed by atoms with Crippen LogP contribution in [-0.4, -0.2) is 24.4 Å². The summed E-state index contributed by atoms with van der Waals surface area (Å²) in [4.78, 5) is 11.5. The third kappa shape index (κ3) is 2.75. The van der Waals surface area contributed by atoms with Gasteiger partial charge in [0, 0.05) is 13.0 Å². The van der Waals surface area contributed by atoms with Crippen molar-refractivity contribution in [2.75, 3.05) is 7.11 Å². The smallest absolute Gasteiger partial charge is 0.154 e. The maximum atomic E-state index is 11.5. The van der Waals surface area contributed by atoms with Gasteiger partial charge in [-0.1, -0.05) is 26.2 Å². The molecule has 0 saturated heterocycles. The monoisotopic (exact) mass is 272 g/mol. The third-order valence-corrected chi connectivity index (χ3v) is 5.48. The molecule has 0 aromatic heterocycles. The number of hydrogen-bond acceptors (Lipinski definition) is 2. The van der Waals surface area contributed by atoms with E-state index < -0.39 is 0 Å². The molecule has 0 bridgehead atoms. The zero-order valence-corrected chi connectivity index (χ0v) is 12.3. The molecule has 0 radical (unpaired) electrons. The van der Waals surface area contributed by atoms with Crippen LogP contribution in [0.3, 0.4) is 0 Å². The maximum absolute atomic E-state index is 11.5. The summed E-state index contributed by atoms with van der Waals surface area (Å²) in [7, 11) is 1.80. The first-order chi connectivity index (χ1) is 8.69. The van der Waals surface area contributed by atoms with Crippen LogP contribution in [0.25, 0.3) is 0 Å². The van der Waals surface area contributed by atoms with Crippen molar-refractivity contribution in [3.05, 3.63) is 0 Å². The lowest BCUT2D eigenvalue weighted by atomic mass is 9.70. The van der Waals surface area contributed by atoms with Crippen molar-refractivity contribution in [1.29, 1.82) is 0 Å². The summed E-state index contributed by atoms with van der Waals surface area (Å²) in [5.41, 5.74) is 0. The fraction of sp³-hybridized carbons (Fsp3) is 0.933. The topological polar surface area (TPSA) is 26.3 Å². The largest absolute Gasteiger partial charge is 0.381 e. The minimum absolute atomic E-state index is 0.162. The molecule has 2 saturated carbocycles. The number of fused-ring (bicyclic) bond motifs is 1. The Hall–Kier alpha value is -0.0800. The minimum Gasteiger partial charge on any atom is -0.381 e. The van der Waals surface area contributed by atoms with Crippen molar-refractivity contribution < 1.29 is 9.53 Å². The lowest BCUT2D eigenvalue weighted by molar-refractivity contribution is -0.132. The van der Waals surface area contributed by atoms with Crippen LogP contribution in [-0.2, 0) is 9.53 Å². The molecule has 3 heteroatoms. The highest BCUT2D eigenvalue weighted by Crippen LogP contribution is 2.52. The second-order valence-corrected chi connectivity index (χ2v) is 6.35. The third-order valence-electron chi connectivity index (χ3n) is 4.97. The van der Waals surface area contributed by atoms with Crippen LogP contribution in [0.1, 0.15) is 51.9 Å². The molecule has 0 amide bonds. The summed E-state index contributed by atoms with van der Waals surface area (Å²) in [5.74, 6) is 1.84. The van der Waals surface area contributed by atoms with Gasteiger partial charge in [0.25, 0.3) is 0 Å². The van der Waals surface area contributed by atoms with E-state index in [0.717, 1.165) is 19.3 Å². The molecule has 0 aromatic rings. The number of ketones is 1. The number of carbonyl (C=O) groups excluding carboxylic acids is 1. The van der Waals surface area contributed by atoms with Gasteiger partial charge in [-0.2, -0.15) is 0 Å². The van der Waals surface area contributed by atoms with E-state index in [-0.39, 0.29) is 5.38 Å². The Morgan fingerprint density at radius 3 is 2.83 bits per heavy atom. The number of halogens is 1. The fourth-order valence-electron chi connectivity index (χ4n) is 3.76. The van der Waals surface area contributed by atoms with Crippen LogP contribution in [0.4, 0.5) is 0 Å². The molecule has 2 rings (SSSR count). The molecule has 18 heavy (non-hydrogen) atoms. The molecule has 0 aliphatic heterocycles. The number of alkyl halides is 1. The van der Waals surface area contributed by atoms with Crippen molar-refractivity contribution >= 4 is 17.4 Å². The number of carbonyl (C=O) groups is 1. The lowest BCUT2D eigenvalue weighted by Crippen LogP contribution is -2.48. The number of ether oxygens (including phenoxy) is 1. The quantitative estimate of drug-likeness (QED) is 0.520. The second-order valence-electron chi connectivity index (χ2n) is 5.88. The van der Waals surface area contributed by atoms with Gasteiger partial charge >= 0.3 is 0 Å². The summed E-state index contributed by atoms with van der Waals surface area (Å²) in [6.45, 7) is 2.17. The van der Waals surface area contributed by atoms with Gasteiger partial charge in [0.05, 0.1) is 11.5 Å². The van der Waals surface area contributed by atoms with Gasteiger partial charge < -0.3 is 4.74 Å². The molecule has 0 heterocycles. The van der Waals surface area contributed by atoms with Gasteiger partial charge in [0.15, 0.2) is 5.78 Å². The van der Waals surface area contributed by atoms with Crippen LogP contribution in [0.2, 0.25) is 0 Å². The molecule has 0 aromatic carbocycles. The lowest BCUT2D eigenvalue weighted by Gasteiger charge is -2.37. The van der Waals surface area contributed by atoms with Gasteiger partial charge in [-0.25, -0.2) is 0 Å². The van der Waals surface area contributed by atoms with Gasteiger partial charge in [0.2, 0.25) is 0 Å². The highest BCUT2D eigenvalue weighted by Gasteiger charge is 2.54. The molecule has 5 atom stereocenters. The fourth-order valence-corrected chi connectivity index (χ4v) is 4.30. The highest BCUT2D eigenvalue weighted by atomic mass is 35.5. The van der Waals surface area contributed by atoms with Gasteiger partial charge in [-0.3, -0.25) is 4.79 Å². The van der Waals surface area contributed by atoms with Crippen LogP contribution >= 0.6 is 11.6 Å². The summed E-state index contributed by atoms with van der Waals surface area (Å²) >= 11 is 6.13. The summed E-state index contributed by atoms with van der Waals surface area (Å²) in [6.07, 6.45) is 8.73. The van der Waals surface area contributed by atoms with E-state index in [1.807, 2.05) is 0 Å². The molecule has 0 N–H and O–H groups in total. The standard InChI is InChI=1S/C15H25ClO2/c1-3-11(18-2)7-5-4-6-10-8-9-12-13(10)14(16)15(12)17/h10-14H,3-9H2,1-2H3. The summed E-state index contributed by atoms with van der Waals surface area (Å²) in [6, 6.07) is 0. The van der Waals surface area contributed by atoms with Gasteiger partial charge in [-0.15, -0.1) is 11.6 Å². The Bertz CT molecular complexity index is 288. The zero-order valence-electron chi connectivity index (χ0n) is 11.5. The van der Waals surface area contributed by atoms with E-state index in [1.54, 1.807) is 7.11 Å².